The molecule has 1 amide bonds. The fourth-order valence-corrected chi connectivity index (χ4v) is 5.59. The number of carbonyl (C=O) groups excluding carboxylic acids is 1. The monoisotopic (exact) mass is 497 g/mol. The van der Waals surface area contributed by atoms with Gasteiger partial charge in [0.15, 0.2) is 5.82 Å². The second-order valence-corrected chi connectivity index (χ2v) is 9.90. The highest BCUT2D eigenvalue weighted by molar-refractivity contribution is 6.10. The summed E-state index contributed by atoms with van der Waals surface area (Å²) in [5, 5.41) is 11.4. The van der Waals surface area contributed by atoms with Gasteiger partial charge in [-0.1, -0.05) is 25.3 Å². The van der Waals surface area contributed by atoms with Gasteiger partial charge in [0.2, 0.25) is 5.95 Å². The molecule has 9 nitrogen and oxygen atoms in total. The van der Waals surface area contributed by atoms with E-state index in [4.69, 9.17) is 9.72 Å². The molecular weight excluding hydrogens is 466 g/mol. The predicted octanol–water partition coefficient (Wildman–Crippen LogP) is 5.62. The first-order chi connectivity index (χ1) is 18.0. The first kappa shape index (κ1) is 23.3. The van der Waals surface area contributed by atoms with Crippen LogP contribution in [0.3, 0.4) is 0 Å². The summed E-state index contributed by atoms with van der Waals surface area (Å²) in [6.45, 7) is 3.98. The van der Waals surface area contributed by atoms with E-state index in [9.17, 15) is 4.79 Å². The van der Waals surface area contributed by atoms with Crippen LogP contribution in [0.15, 0.2) is 48.8 Å². The largest absolute Gasteiger partial charge is 0.496 e. The predicted molar refractivity (Wildman–Crippen MR) is 145 cm³/mol. The smallest absolute Gasteiger partial charge is 0.254 e. The molecule has 1 aliphatic heterocycles. The average molecular weight is 498 g/mol. The minimum atomic E-state index is -0.354. The van der Waals surface area contributed by atoms with Gasteiger partial charge >= 0.3 is 0 Å². The Morgan fingerprint density at radius 1 is 1.08 bits per heavy atom. The SMILES string of the molecule is COc1cc(N2C(=O)[C@@H](C)N(C3CCCCC3)c3nc(Nc4ccc5[nH]ncc5c4)ncc32)ccc1C. The summed E-state index contributed by atoms with van der Waals surface area (Å²) < 4.78 is 5.56. The molecule has 4 aromatic rings. The minimum Gasteiger partial charge on any atom is -0.496 e. The van der Waals surface area contributed by atoms with Crippen LogP contribution in [0.2, 0.25) is 0 Å². The van der Waals surface area contributed by atoms with Crippen molar-refractivity contribution in [2.24, 2.45) is 0 Å². The molecule has 1 atom stereocenters. The Morgan fingerprint density at radius 3 is 2.73 bits per heavy atom. The van der Waals surface area contributed by atoms with E-state index < -0.39 is 0 Å². The van der Waals surface area contributed by atoms with Gasteiger partial charge in [-0.25, -0.2) is 4.98 Å². The van der Waals surface area contributed by atoms with Crippen molar-refractivity contribution in [1.82, 2.24) is 20.2 Å². The fraction of sp³-hybridized carbons (Fsp3) is 0.357. The number of nitrogens with one attached hydrogen (secondary N) is 2. The number of hydrogen-bond donors (Lipinski definition) is 2. The van der Waals surface area contributed by atoms with E-state index in [1.54, 1.807) is 24.4 Å². The Hall–Kier alpha value is -4.14. The summed E-state index contributed by atoms with van der Waals surface area (Å²) in [5.41, 5.74) is 4.29. The summed E-state index contributed by atoms with van der Waals surface area (Å²) in [6.07, 6.45) is 9.22. The van der Waals surface area contributed by atoms with Crippen LogP contribution in [0, 0.1) is 6.92 Å². The minimum absolute atomic E-state index is 0.0127. The van der Waals surface area contributed by atoms with Crippen molar-refractivity contribution in [3.8, 4) is 5.75 Å². The molecule has 1 fully saturated rings. The van der Waals surface area contributed by atoms with Crippen LogP contribution in [-0.2, 0) is 4.79 Å². The van der Waals surface area contributed by atoms with Gasteiger partial charge in [-0.15, -0.1) is 0 Å². The number of benzene rings is 2. The molecule has 6 rings (SSSR count). The molecule has 37 heavy (non-hydrogen) atoms. The van der Waals surface area contributed by atoms with Gasteiger partial charge in [0.25, 0.3) is 5.91 Å². The van der Waals surface area contributed by atoms with Crippen molar-refractivity contribution in [3.05, 3.63) is 54.4 Å². The molecule has 1 aliphatic carbocycles. The van der Waals surface area contributed by atoms with Crippen LogP contribution in [-0.4, -0.2) is 45.3 Å². The number of ether oxygens (including phenoxy) is 1. The molecule has 0 unspecified atom stereocenters. The Balaban J connectivity index is 1.44. The van der Waals surface area contributed by atoms with Crippen molar-refractivity contribution < 1.29 is 9.53 Å². The number of aromatic amines is 1. The van der Waals surface area contributed by atoms with E-state index in [1.807, 2.05) is 50.2 Å². The van der Waals surface area contributed by atoms with Gasteiger partial charge in [-0.3, -0.25) is 14.8 Å². The number of anilines is 5. The second kappa shape index (κ2) is 9.38. The first-order valence-electron chi connectivity index (χ1n) is 12.9. The van der Waals surface area contributed by atoms with Gasteiger partial charge < -0.3 is 15.0 Å². The zero-order chi connectivity index (χ0) is 25.5. The van der Waals surface area contributed by atoms with Crippen LogP contribution in [0.1, 0.15) is 44.6 Å². The lowest BCUT2D eigenvalue weighted by molar-refractivity contribution is -0.119. The number of aromatic nitrogens is 4. The third-order valence-corrected chi connectivity index (χ3v) is 7.54. The number of aryl methyl sites for hydroxylation is 1. The molecule has 3 heterocycles. The highest BCUT2D eigenvalue weighted by atomic mass is 16.5. The lowest BCUT2D eigenvalue weighted by Gasteiger charge is -2.45. The number of carbonyl (C=O) groups is 1. The molecule has 9 heteroatoms. The van der Waals surface area contributed by atoms with E-state index in [-0.39, 0.29) is 18.0 Å². The van der Waals surface area contributed by atoms with Gasteiger partial charge in [0, 0.05) is 23.2 Å². The summed E-state index contributed by atoms with van der Waals surface area (Å²) in [4.78, 5) is 27.5. The van der Waals surface area contributed by atoms with Gasteiger partial charge in [-0.05, 0) is 56.5 Å². The van der Waals surface area contributed by atoms with E-state index in [0.29, 0.717) is 11.6 Å². The lowest BCUT2D eigenvalue weighted by atomic mass is 9.92. The molecule has 0 bridgehead atoms. The zero-order valence-corrected chi connectivity index (χ0v) is 21.4. The molecule has 190 valence electrons. The Bertz CT molecular complexity index is 1460. The normalized spacial score (nSPS) is 18.2. The maximum atomic E-state index is 13.9. The van der Waals surface area contributed by atoms with Crippen LogP contribution in [0.4, 0.5) is 28.8 Å². The van der Waals surface area contributed by atoms with E-state index in [2.05, 4.69) is 25.4 Å². The standard InChI is InChI=1S/C28H31N7O2/c1-17-9-11-22(14-25(17)37-3)35-24-16-29-28(31-20-10-12-23-19(13-20)15-30-33-23)32-26(24)34(18(2)27(35)36)21-7-5-4-6-8-21/h9-16,18,21H,4-8H2,1-3H3,(H,30,33)(H,29,31,32)/t18-/m1/s1. The summed E-state index contributed by atoms with van der Waals surface area (Å²) in [7, 11) is 1.65. The number of amides is 1. The van der Waals surface area contributed by atoms with Crippen LogP contribution in [0.25, 0.3) is 10.9 Å². The average Bonchev–Trinajstić information content (AvgIpc) is 3.39. The highest BCUT2D eigenvalue weighted by Gasteiger charge is 2.41. The maximum Gasteiger partial charge on any atom is 0.254 e. The topological polar surface area (TPSA) is 99.3 Å². The van der Waals surface area contributed by atoms with Crippen molar-refractivity contribution >= 4 is 45.6 Å². The van der Waals surface area contributed by atoms with Crippen LogP contribution >= 0.6 is 0 Å². The highest BCUT2D eigenvalue weighted by Crippen LogP contribution is 2.43. The lowest BCUT2D eigenvalue weighted by Crippen LogP contribution is -2.55. The number of rotatable bonds is 5. The molecule has 1 saturated carbocycles. The Labute approximate surface area is 215 Å². The van der Waals surface area contributed by atoms with Gasteiger partial charge in [-0.2, -0.15) is 10.1 Å². The molecule has 2 aliphatic rings. The number of fused-ring (bicyclic) bond motifs is 2. The summed E-state index contributed by atoms with van der Waals surface area (Å²) >= 11 is 0. The molecule has 0 spiro atoms. The summed E-state index contributed by atoms with van der Waals surface area (Å²) in [6, 6.07) is 11.7. The van der Waals surface area contributed by atoms with Crippen molar-refractivity contribution in [2.75, 3.05) is 22.2 Å². The quantitative estimate of drug-likeness (QED) is 0.369. The summed E-state index contributed by atoms with van der Waals surface area (Å²) in [5.74, 6) is 2.02. The molecule has 0 radical (unpaired) electrons. The number of nitrogens with zero attached hydrogens (tertiary/aromatic N) is 5. The fourth-order valence-electron chi connectivity index (χ4n) is 5.59. The molecular formula is C28H31N7O2. The van der Waals surface area contributed by atoms with Crippen molar-refractivity contribution in [3.63, 3.8) is 0 Å². The Kier molecular flexibility index (Phi) is 5.90. The number of hydrogen-bond acceptors (Lipinski definition) is 7. The van der Waals surface area contributed by atoms with E-state index in [0.717, 1.165) is 65.1 Å². The zero-order valence-electron chi connectivity index (χ0n) is 21.4. The van der Waals surface area contributed by atoms with Crippen LogP contribution in [0.5, 0.6) is 5.75 Å². The number of methoxy groups -OCH3 is 1. The molecule has 0 saturated heterocycles. The van der Waals surface area contributed by atoms with Gasteiger partial charge in [0.05, 0.1) is 30.7 Å². The van der Waals surface area contributed by atoms with E-state index in [1.165, 1.54) is 6.42 Å². The van der Waals surface area contributed by atoms with Crippen molar-refractivity contribution in [1.29, 1.82) is 0 Å². The molecule has 2 aromatic heterocycles. The van der Waals surface area contributed by atoms with Crippen molar-refractivity contribution in [2.45, 2.75) is 58.0 Å². The second-order valence-electron chi connectivity index (χ2n) is 9.90. The maximum absolute atomic E-state index is 13.9. The van der Waals surface area contributed by atoms with Crippen LogP contribution < -0.4 is 19.9 Å². The molecule has 2 N–H and O–H groups in total. The first-order valence-corrected chi connectivity index (χ1v) is 12.9. The third-order valence-electron chi connectivity index (χ3n) is 7.54. The number of H-pyrrole nitrogens is 1. The Morgan fingerprint density at radius 2 is 1.92 bits per heavy atom. The third kappa shape index (κ3) is 4.14. The van der Waals surface area contributed by atoms with E-state index >= 15 is 0 Å². The molecule has 2 aromatic carbocycles. The van der Waals surface area contributed by atoms with Gasteiger partial charge in [0.1, 0.15) is 17.5 Å².